The van der Waals surface area contributed by atoms with Crippen LogP contribution in [0.3, 0.4) is 0 Å². The van der Waals surface area contributed by atoms with E-state index in [1.54, 1.807) is 0 Å². The van der Waals surface area contributed by atoms with Gasteiger partial charge in [0.2, 0.25) is 0 Å². The van der Waals surface area contributed by atoms with E-state index < -0.39 is 0 Å². The van der Waals surface area contributed by atoms with Crippen molar-refractivity contribution in [1.29, 1.82) is 0 Å². The Morgan fingerprint density at radius 3 is 0.561 bits per heavy atom. The molecule has 0 fully saturated rings. The van der Waals surface area contributed by atoms with Crippen molar-refractivity contribution in [3.63, 3.8) is 0 Å². The second-order valence-electron chi connectivity index (χ2n) is 30.2. The van der Waals surface area contributed by atoms with Gasteiger partial charge in [-0.25, -0.2) is 0 Å². The van der Waals surface area contributed by atoms with Crippen molar-refractivity contribution in [2.24, 2.45) is 0 Å². The quantitative estimate of drug-likeness (QED) is 0.167. The van der Waals surface area contributed by atoms with Gasteiger partial charge < -0.3 is 18.3 Å². The highest BCUT2D eigenvalue weighted by atomic mass is 15.0. The Kier molecular flexibility index (Phi) is 11.6. The van der Waals surface area contributed by atoms with Gasteiger partial charge in [-0.05, 0) is 187 Å². The van der Waals surface area contributed by atoms with Gasteiger partial charge in [0.25, 0.3) is 0 Å². The zero-order valence-electron chi connectivity index (χ0n) is 52.0. The average molecular weight is 1080 g/mol. The molecule has 9 aromatic carbocycles. The van der Waals surface area contributed by atoms with Crippen LogP contribution < -0.4 is 0 Å². The molecule has 82 heavy (non-hydrogen) atoms. The topological polar surface area (TPSA) is 19.7 Å². The number of hydrogen-bond donors (Lipinski definition) is 0. The number of rotatable bonds is 4. The molecule has 414 valence electrons. The fraction of sp³-hybridized carbons (Fsp3) is 0.308. The summed E-state index contributed by atoms with van der Waals surface area (Å²) in [5.74, 6) is 0. The van der Waals surface area contributed by atoms with Crippen LogP contribution in [0, 0.1) is 0 Å². The molecular weight excluding hydrogens is 993 g/mol. The minimum absolute atomic E-state index is 0.00951. The molecular formula is C78H82N4. The van der Waals surface area contributed by atoms with E-state index in [2.05, 4.69) is 313 Å². The maximum absolute atomic E-state index is 2.53. The average Bonchev–Trinajstić information content (AvgIpc) is 3.26. The van der Waals surface area contributed by atoms with Crippen LogP contribution in [0.15, 0.2) is 170 Å². The molecule has 0 atom stereocenters. The lowest BCUT2D eigenvalue weighted by molar-refractivity contribution is 0.590. The molecule has 4 aromatic heterocycles. The smallest absolute Gasteiger partial charge is 0.0561 e. The lowest BCUT2D eigenvalue weighted by Gasteiger charge is -2.19. The van der Waals surface area contributed by atoms with Gasteiger partial charge in [0.05, 0.1) is 44.1 Å². The number of aromatic nitrogens is 4. The summed E-state index contributed by atoms with van der Waals surface area (Å²) in [5, 5.41) is 10.2. The minimum Gasteiger partial charge on any atom is -0.309 e. The van der Waals surface area contributed by atoms with Crippen LogP contribution in [-0.2, 0) is 32.5 Å². The number of benzene rings is 9. The molecule has 0 saturated heterocycles. The highest BCUT2D eigenvalue weighted by molar-refractivity contribution is 6.15. The second-order valence-corrected chi connectivity index (χ2v) is 30.2. The summed E-state index contributed by atoms with van der Waals surface area (Å²) in [6.45, 7) is 41.7. The van der Waals surface area contributed by atoms with Crippen molar-refractivity contribution in [3.05, 3.63) is 203 Å². The minimum atomic E-state index is 0.00951. The summed E-state index contributed by atoms with van der Waals surface area (Å²) in [7, 11) is 0. The maximum atomic E-state index is 2.53. The van der Waals surface area contributed by atoms with Crippen molar-refractivity contribution in [2.45, 2.75) is 157 Å². The van der Waals surface area contributed by atoms with E-state index in [-0.39, 0.29) is 32.5 Å². The Morgan fingerprint density at radius 1 is 0.171 bits per heavy atom. The van der Waals surface area contributed by atoms with E-state index in [0.29, 0.717) is 0 Å². The molecule has 4 heterocycles. The van der Waals surface area contributed by atoms with Gasteiger partial charge in [0, 0.05) is 65.8 Å². The van der Waals surface area contributed by atoms with Crippen molar-refractivity contribution < 1.29 is 0 Å². The van der Waals surface area contributed by atoms with Crippen molar-refractivity contribution in [3.8, 4) is 22.7 Å². The fourth-order valence-electron chi connectivity index (χ4n) is 13.0. The van der Waals surface area contributed by atoms with Crippen molar-refractivity contribution in [2.75, 3.05) is 0 Å². The van der Waals surface area contributed by atoms with E-state index in [4.69, 9.17) is 0 Å². The highest BCUT2D eigenvalue weighted by Gasteiger charge is 2.26. The first kappa shape index (κ1) is 53.5. The number of fused-ring (bicyclic) bond motifs is 12. The van der Waals surface area contributed by atoms with Crippen LogP contribution in [0.1, 0.15) is 158 Å². The van der Waals surface area contributed by atoms with E-state index >= 15 is 0 Å². The standard InChI is InChI=1S/C78H82N4/c1-73(2,3)47-19-33-65-59(39-47)60-40-48(74(4,5)6)20-34-66(60)79(65)53-25-27-54(28-26-53)80-71-45-55(81-67-35-21-49(75(7,8)9)41-61(67)62-42-50(76(10,11)12)22-36-68(62)81)29-31-57(71)58-32-30-56(46-72(58)80)82-69-37-23-51(77(13,14)15)43-63(69)64-44-52(78(16,17)18)24-38-70(64)82/h19-46H,1-18H3. The number of hydrogen-bond acceptors (Lipinski definition) is 0. The summed E-state index contributed by atoms with van der Waals surface area (Å²) in [4.78, 5) is 0. The van der Waals surface area contributed by atoms with E-state index in [1.165, 1.54) is 110 Å². The number of nitrogens with zero attached hydrogens (tertiary/aromatic N) is 4. The molecule has 0 aliphatic rings. The Bertz CT molecular complexity index is 4340. The van der Waals surface area contributed by atoms with Gasteiger partial charge >= 0.3 is 0 Å². The predicted octanol–water partition coefficient (Wildman–Crippen LogP) is 21.9. The molecule has 0 radical (unpaired) electrons. The van der Waals surface area contributed by atoms with Crippen LogP contribution in [0.2, 0.25) is 0 Å². The molecule has 0 amide bonds. The molecule has 0 bridgehead atoms. The van der Waals surface area contributed by atoms with Crippen LogP contribution >= 0.6 is 0 Å². The second kappa shape index (κ2) is 17.8. The van der Waals surface area contributed by atoms with Gasteiger partial charge in [-0.15, -0.1) is 0 Å². The van der Waals surface area contributed by atoms with Crippen LogP contribution in [-0.4, -0.2) is 18.3 Å². The van der Waals surface area contributed by atoms with Crippen LogP contribution in [0.5, 0.6) is 0 Å². The fourth-order valence-corrected chi connectivity index (χ4v) is 13.0. The summed E-state index contributed by atoms with van der Waals surface area (Å²) in [5.41, 5.74) is 22.3. The Morgan fingerprint density at radius 2 is 0.354 bits per heavy atom. The monoisotopic (exact) mass is 1070 g/mol. The third-order valence-corrected chi connectivity index (χ3v) is 18.1. The zero-order chi connectivity index (χ0) is 58.1. The molecule has 4 heteroatoms. The van der Waals surface area contributed by atoms with Crippen molar-refractivity contribution >= 4 is 87.2 Å². The highest BCUT2D eigenvalue weighted by Crippen LogP contribution is 2.44. The summed E-state index contributed by atoms with van der Waals surface area (Å²) >= 11 is 0. The Hall–Kier alpha value is -7.82. The summed E-state index contributed by atoms with van der Waals surface area (Å²) < 4.78 is 10.0. The Balaban J connectivity index is 1.07. The van der Waals surface area contributed by atoms with Crippen LogP contribution in [0.4, 0.5) is 0 Å². The van der Waals surface area contributed by atoms with E-state index in [0.717, 1.165) is 33.8 Å². The largest absolute Gasteiger partial charge is 0.309 e. The maximum Gasteiger partial charge on any atom is 0.0561 e. The molecule has 0 N–H and O–H groups in total. The first-order valence-electron chi connectivity index (χ1n) is 29.9. The molecule has 13 aromatic rings. The van der Waals surface area contributed by atoms with Gasteiger partial charge in [-0.1, -0.05) is 173 Å². The first-order valence-corrected chi connectivity index (χ1v) is 29.9. The normalized spacial score (nSPS) is 13.5. The van der Waals surface area contributed by atoms with E-state index in [1.807, 2.05) is 0 Å². The molecule has 0 saturated carbocycles. The lowest BCUT2D eigenvalue weighted by atomic mass is 9.85. The van der Waals surface area contributed by atoms with Gasteiger partial charge in [-0.3, -0.25) is 0 Å². The molecule has 0 aliphatic carbocycles. The molecule has 13 rings (SSSR count). The predicted molar refractivity (Wildman–Crippen MR) is 356 cm³/mol. The van der Waals surface area contributed by atoms with E-state index in [9.17, 15) is 0 Å². The first-order chi connectivity index (χ1) is 38.4. The Labute approximate surface area is 486 Å². The molecule has 0 aliphatic heterocycles. The SMILES string of the molecule is CC(C)(C)c1ccc2c(c1)c1cc(C(C)(C)C)ccc1n2-c1ccc(-n2c3cc(-n4c5ccc(C(C)(C)C)cc5c5cc(C(C)(C)C)ccc54)ccc3c3ccc(-n4c5ccc(C(C)(C)C)cc5c5cc(C(C)(C)C)ccc54)cc32)cc1. The summed E-state index contributed by atoms with van der Waals surface area (Å²) in [6, 6.07) is 66.6. The van der Waals surface area contributed by atoms with Gasteiger partial charge in [0.15, 0.2) is 0 Å². The molecule has 4 nitrogen and oxygen atoms in total. The molecule has 0 spiro atoms. The lowest BCUT2D eigenvalue weighted by Crippen LogP contribution is -2.10. The van der Waals surface area contributed by atoms with Crippen molar-refractivity contribution in [1.82, 2.24) is 18.3 Å². The molecule has 0 unspecified atom stereocenters. The summed E-state index contributed by atoms with van der Waals surface area (Å²) in [6.07, 6.45) is 0. The zero-order valence-corrected chi connectivity index (χ0v) is 52.0. The van der Waals surface area contributed by atoms with Gasteiger partial charge in [-0.2, -0.15) is 0 Å². The third kappa shape index (κ3) is 8.60. The third-order valence-electron chi connectivity index (χ3n) is 18.1. The van der Waals surface area contributed by atoms with Crippen LogP contribution in [0.25, 0.3) is 110 Å². The van der Waals surface area contributed by atoms with Gasteiger partial charge in [0.1, 0.15) is 0 Å².